The van der Waals surface area contributed by atoms with E-state index in [1.807, 2.05) is 13.8 Å². The Morgan fingerprint density at radius 1 is 1.33 bits per heavy atom. The van der Waals surface area contributed by atoms with E-state index in [1.165, 1.54) is 24.2 Å². The van der Waals surface area contributed by atoms with Gasteiger partial charge in [-0.3, -0.25) is 14.5 Å². The number of likely N-dealkylation sites (tertiary alicyclic amines) is 1. The largest absolute Gasteiger partial charge is 0.305 e. The first-order chi connectivity index (χ1) is 8.49. The van der Waals surface area contributed by atoms with Gasteiger partial charge in [-0.25, -0.2) is 0 Å². The summed E-state index contributed by atoms with van der Waals surface area (Å²) < 4.78 is 0. The summed E-state index contributed by atoms with van der Waals surface area (Å²) in [5.41, 5.74) is 0. The number of hydrogen-bond acceptors (Lipinski definition) is 3. The number of hydrogen-bond donors (Lipinski definition) is 1. The van der Waals surface area contributed by atoms with Crippen molar-refractivity contribution in [1.29, 1.82) is 0 Å². The molecule has 1 heterocycles. The first-order valence-corrected chi connectivity index (χ1v) is 7.08. The van der Waals surface area contributed by atoms with Crippen LogP contribution in [0.1, 0.15) is 46.5 Å². The third-order valence-corrected chi connectivity index (χ3v) is 4.16. The molecule has 1 aliphatic heterocycles. The van der Waals surface area contributed by atoms with Gasteiger partial charge < -0.3 is 5.32 Å². The number of nitrogens with one attached hydrogen (secondary N) is 1. The Balaban J connectivity index is 1.84. The highest BCUT2D eigenvalue weighted by Crippen LogP contribution is 2.30. The molecule has 0 aromatic heterocycles. The van der Waals surface area contributed by atoms with Crippen LogP contribution in [0.2, 0.25) is 0 Å². The molecule has 3 atom stereocenters. The molecule has 1 aliphatic carbocycles. The maximum absolute atomic E-state index is 12.1. The molecule has 0 spiro atoms. The number of rotatable bonds is 4. The lowest BCUT2D eigenvalue weighted by Gasteiger charge is -2.20. The van der Waals surface area contributed by atoms with E-state index in [4.69, 9.17) is 0 Å². The van der Waals surface area contributed by atoms with Gasteiger partial charge in [0.05, 0.1) is 12.5 Å². The van der Waals surface area contributed by atoms with Gasteiger partial charge in [-0.2, -0.15) is 0 Å². The molecule has 2 aliphatic rings. The lowest BCUT2D eigenvalue weighted by molar-refractivity contribution is -0.140. The molecule has 0 bridgehead atoms. The van der Waals surface area contributed by atoms with Crippen molar-refractivity contribution < 1.29 is 9.59 Å². The summed E-state index contributed by atoms with van der Waals surface area (Å²) in [5.74, 6) is 1.41. The van der Waals surface area contributed by atoms with Crippen LogP contribution in [0.5, 0.6) is 0 Å². The van der Waals surface area contributed by atoms with Crippen molar-refractivity contribution in [2.24, 2.45) is 11.8 Å². The zero-order valence-corrected chi connectivity index (χ0v) is 11.6. The van der Waals surface area contributed by atoms with Crippen molar-refractivity contribution in [2.45, 2.75) is 58.5 Å². The molecule has 4 heteroatoms. The number of carbonyl (C=O) groups is 2. The van der Waals surface area contributed by atoms with Crippen LogP contribution in [-0.2, 0) is 9.59 Å². The molecular formula is C14H24N2O2. The van der Waals surface area contributed by atoms with Gasteiger partial charge in [0.15, 0.2) is 0 Å². The van der Waals surface area contributed by atoms with Crippen LogP contribution in [0.25, 0.3) is 0 Å². The summed E-state index contributed by atoms with van der Waals surface area (Å²) in [5, 5.41) is 3.30. The molecule has 0 aromatic rings. The van der Waals surface area contributed by atoms with E-state index in [0.717, 1.165) is 12.5 Å². The van der Waals surface area contributed by atoms with E-state index >= 15 is 0 Å². The Hall–Kier alpha value is -0.900. The minimum atomic E-state index is -0.282. The SMILES string of the molecule is CC1CCC(CNC2CC(=O)N(C(C)C)C2=O)C1. The summed E-state index contributed by atoms with van der Waals surface area (Å²) in [7, 11) is 0. The topological polar surface area (TPSA) is 49.4 Å². The van der Waals surface area contributed by atoms with Crippen LogP contribution >= 0.6 is 0 Å². The standard InChI is InChI=1S/C14H24N2O2/c1-9(2)16-13(17)7-12(14(16)18)15-8-11-5-4-10(3)6-11/h9-12,15H,4-8H2,1-3H3. The molecule has 0 aromatic carbocycles. The molecule has 0 radical (unpaired) electrons. The van der Waals surface area contributed by atoms with Crippen molar-refractivity contribution in [3.63, 3.8) is 0 Å². The van der Waals surface area contributed by atoms with Crippen molar-refractivity contribution in [2.75, 3.05) is 6.54 Å². The van der Waals surface area contributed by atoms with Gasteiger partial charge in [-0.05, 0) is 45.1 Å². The molecule has 3 unspecified atom stereocenters. The van der Waals surface area contributed by atoms with Crippen molar-refractivity contribution >= 4 is 11.8 Å². The van der Waals surface area contributed by atoms with E-state index < -0.39 is 0 Å². The summed E-state index contributed by atoms with van der Waals surface area (Å²) in [6.07, 6.45) is 4.12. The van der Waals surface area contributed by atoms with Gasteiger partial charge in [-0.1, -0.05) is 13.3 Å². The van der Waals surface area contributed by atoms with Gasteiger partial charge in [0.25, 0.3) is 0 Å². The normalized spacial score (nSPS) is 32.9. The molecule has 1 saturated heterocycles. The van der Waals surface area contributed by atoms with Crippen molar-refractivity contribution in [1.82, 2.24) is 10.2 Å². The van der Waals surface area contributed by atoms with Crippen molar-refractivity contribution in [3.8, 4) is 0 Å². The van der Waals surface area contributed by atoms with E-state index in [-0.39, 0.29) is 23.9 Å². The molecule has 18 heavy (non-hydrogen) atoms. The van der Waals surface area contributed by atoms with Crippen LogP contribution < -0.4 is 5.32 Å². The van der Waals surface area contributed by atoms with E-state index in [0.29, 0.717) is 12.3 Å². The van der Waals surface area contributed by atoms with Crippen LogP contribution in [0.4, 0.5) is 0 Å². The van der Waals surface area contributed by atoms with E-state index in [1.54, 1.807) is 0 Å². The second kappa shape index (κ2) is 5.39. The monoisotopic (exact) mass is 252 g/mol. The van der Waals surface area contributed by atoms with Crippen LogP contribution in [0.3, 0.4) is 0 Å². The smallest absolute Gasteiger partial charge is 0.247 e. The quantitative estimate of drug-likeness (QED) is 0.772. The first kappa shape index (κ1) is 13.5. The third-order valence-electron chi connectivity index (χ3n) is 4.16. The Bertz CT molecular complexity index is 341. The highest BCUT2D eigenvalue weighted by Gasteiger charge is 2.39. The van der Waals surface area contributed by atoms with E-state index in [9.17, 15) is 9.59 Å². The van der Waals surface area contributed by atoms with Gasteiger partial charge in [0.2, 0.25) is 11.8 Å². The number of amides is 2. The Labute approximate surface area is 109 Å². The fourth-order valence-electron chi connectivity index (χ4n) is 3.17. The van der Waals surface area contributed by atoms with Crippen LogP contribution in [-0.4, -0.2) is 35.3 Å². The lowest BCUT2D eigenvalue weighted by Crippen LogP contribution is -2.42. The fourth-order valence-corrected chi connectivity index (χ4v) is 3.17. The molecule has 2 rings (SSSR count). The number of imide groups is 1. The molecule has 2 amide bonds. The molecule has 1 N–H and O–H groups in total. The Kier molecular flexibility index (Phi) is 4.05. The molecule has 4 nitrogen and oxygen atoms in total. The fraction of sp³-hybridized carbons (Fsp3) is 0.857. The second-order valence-electron chi connectivity index (χ2n) is 6.14. The maximum atomic E-state index is 12.1. The van der Waals surface area contributed by atoms with Gasteiger partial charge in [0.1, 0.15) is 0 Å². The van der Waals surface area contributed by atoms with Gasteiger partial charge in [-0.15, -0.1) is 0 Å². The second-order valence-corrected chi connectivity index (χ2v) is 6.14. The van der Waals surface area contributed by atoms with Gasteiger partial charge in [0, 0.05) is 6.04 Å². The summed E-state index contributed by atoms with van der Waals surface area (Å²) in [6, 6.07) is -0.306. The average Bonchev–Trinajstić information content (AvgIpc) is 2.80. The van der Waals surface area contributed by atoms with Crippen molar-refractivity contribution in [3.05, 3.63) is 0 Å². The molecule has 102 valence electrons. The highest BCUT2D eigenvalue weighted by atomic mass is 16.2. The molecule has 2 fully saturated rings. The minimum absolute atomic E-state index is 0.0247. The Morgan fingerprint density at radius 3 is 2.56 bits per heavy atom. The number of nitrogens with zero attached hydrogens (tertiary/aromatic N) is 1. The zero-order valence-electron chi connectivity index (χ0n) is 11.6. The van der Waals surface area contributed by atoms with Crippen LogP contribution in [0.15, 0.2) is 0 Å². The summed E-state index contributed by atoms with van der Waals surface area (Å²) in [4.78, 5) is 25.2. The van der Waals surface area contributed by atoms with Gasteiger partial charge >= 0.3 is 0 Å². The minimum Gasteiger partial charge on any atom is -0.305 e. The summed E-state index contributed by atoms with van der Waals surface area (Å²) in [6.45, 7) is 6.93. The Morgan fingerprint density at radius 2 is 2.06 bits per heavy atom. The van der Waals surface area contributed by atoms with Crippen LogP contribution in [0, 0.1) is 11.8 Å². The highest BCUT2D eigenvalue weighted by molar-refractivity contribution is 6.05. The van der Waals surface area contributed by atoms with E-state index in [2.05, 4.69) is 12.2 Å². The first-order valence-electron chi connectivity index (χ1n) is 7.08. The average molecular weight is 252 g/mol. The predicted octanol–water partition coefficient (Wildman–Crippen LogP) is 1.55. The number of carbonyl (C=O) groups excluding carboxylic acids is 2. The third kappa shape index (κ3) is 2.74. The lowest BCUT2D eigenvalue weighted by atomic mass is 10.1. The molecular weight excluding hydrogens is 228 g/mol. The molecule has 1 saturated carbocycles. The predicted molar refractivity (Wildman–Crippen MR) is 69.9 cm³/mol. The zero-order chi connectivity index (χ0) is 13.3. The maximum Gasteiger partial charge on any atom is 0.247 e. The summed E-state index contributed by atoms with van der Waals surface area (Å²) >= 11 is 0.